The number of rotatable bonds is 5. The van der Waals surface area contributed by atoms with Gasteiger partial charge in [-0.2, -0.15) is 0 Å². The second-order valence-electron chi connectivity index (χ2n) is 4.66. The zero-order chi connectivity index (χ0) is 13.5. The molecule has 0 unspecified atom stereocenters. The van der Waals surface area contributed by atoms with E-state index < -0.39 is 0 Å². The predicted octanol–water partition coefficient (Wildman–Crippen LogP) is 3.67. The Morgan fingerprint density at radius 1 is 1.06 bits per heavy atom. The molecule has 0 saturated heterocycles. The highest BCUT2D eigenvalue weighted by atomic mass is 16.2. The van der Waals surface area contributed by atoms with E-state index in [9.17, 15) is 4.79 Å². The van der Waals surface area contributed by atoms with Crippen LogP contribution < -0.4 is 4.90 Å². The number of benzene rings is 1. The van der Waals surface area contributed by atoms with Gasteiger partial charge in [-0.15, -0.1) is 0 Å². The van der Waals surface area contributed by atoms with Crippen molar-refractivity contribution in [3.63, 3.8) is 0 Å². The van der Waals surface area contributed by atoms with E-state index in [0.717, 1.165) is 31.6 Å². The van der Waals surface area contributed by atoms with Gasteiger partial charge in [0.25, 0.3) is 0 Å². The second kappa shape index (κ2) is 7.04. The van der Waals surface area contributed by atoms with Crippen LogP contribution in [0.25, 0.3) is 0 Å². The number of hydrogen-bond acceptors (Lipinski definition) is 1. The summed E-state index contributed by atoms with van der Waals surface area (Å²) in [6, 6.07) is 8.13. The standard InChI is InChI=1S/C15H24N2O/c1-5-11-17(12-6-2)15(18)16(4)14-9-7-13(3)8-10-14/h7-10H,5-6,11-12H2,1-4H3. The van der Waals surface area contributed by atoms with Gasteiger partial charge >= 0.3 is 6.03 Å². The largest absolute Gasteiger partial charge is 0.324 e. The molecule has 1 rings (SSSR count). The number of carbonyl (C=O) groups excluding carboxylic acids is 1. The smallest absolute Gasteiger partial charge is 0.324 e. The third-order valence-electron chi connectivity index (χ3n) is 2.97. The van der Waals surface area contributed by atoms with Gasteiger partial charge in [0.2, 0.25) is 0 Å². The van der Waals surface area contributed by atoms with Crippen molar-refractivity contribution in [2.24, 2.45) is 0 Å². The molecule has 0 aliphatic rings. The average molecular weight is 248 g/mol. The molecule has 18 heavy (non-hydrogen) atoms. The van der Waals surface area contributed by atoms with Crippen molar-refractivity contribution in [3.8, 4) is 0 Å². The summed E-state index contributed by atoms with van der Waals surface area (Å²) < 4.78 is 0. The summed E-state index contributed by atoms with van der Waals surface area (Å²) in [4.78, 5) is 16.0. The molecule has 0 bridgehead atoms. The van der Waals surface area contributed by atoms with Crippen LogP contribution in [0.3, 0.4) is 0 Å². The Kier molecular flexibility index (Phi) is 5.69. The first-order valence-electron chi connectivity index (χ1n) is 6.69. The van der Waals surface area contributed by atoms with E-state index in [2.05, 4.69) is 13.8 Å². The van der Waals surface area contributed by atoms with Crippen LogP contribution >= 0.6 is 0 Å². The SMILES string of the molecule is CCCN(CCC)C(=O)N(C)c1ccc(C)cc1. The summed E-state index contributed by atoms with van der Waals surface area (Å²) in [5.41, 5.74) is 2.15. The monoisotopic (exact) mass is 248 g/mol. The number of carbonyl (C=O) groups is 1. The molecule has 0 heterocycles. The van der Waals surface area contributed by atoms with Crippen LogP contribution in [-0.4, -0.2) is 31.1 Å². The molecular formula is C15H24N2O. The van der Waals surface area contributed by atoms with Crippen molar-refractivity contribution in [1.82, 2.24) is 4.90 Å². The zero-order valence-electron chi connectivity index (χ0n) is 11.9. The number of nitrogens with zero attached hydrogens (tertiary/aromatic N) is 2. The van der Waals surface area contributed by atoms with E-state index in [0.29, 0.717) is 0 Å². The van der Waals surface area contributed by atoms with E-state index >= 15 is 0 Å². The minimum atomic E-state index is 0.0857. The van der Waals surface area contributed by atoms with E-state index in [1.807, 2.05) is 43.1 Å². The molecule has 1 aromatic carbocycles. The van der Waals surface area contributed by atoms with Gasteiger partial charge in [0, 0.05) is 25.8 Å². The fraction of sp³-hybridized carbons (Fsp3) is 0.533. The molecule has 0 N–H and O–H groups in total. The quantitative estimate of drug-likeness (QED) is 0.780. The summed E-state index contributed by atoms with van der Waals surface area (Å²) in [5.74, 6) is 0. The van der Waals surface area contributed by atoms with Crippen LogP contribution in [0.1, 0.15) is 32.3 Å². The lowest BCUT2D eigenvalue weighted by atomic mass is 10.2. The first kappa shape index (κ1) is 14.6. The van der Waals surface area contributed by atoms with E-state index in [1.165, 1.54) is 5.56 Å². The molecule has 1 aromatic rings. The van der Waals surface area contributed by atoms with Crippen molar-refractivity contribution >= 4 is 11.7 Å². The lowest BCUT2D eigenvalue weighted by Crippen LogP contribution is -2.42. The van der Waals surface area contributed by atoms with Gasteiger partial charge < -0.3 is 4.90 Å². The van der Waals surface area contributed by atoms with Gasteiger partial charge in [0.05, 0.1) is 0 Å². The maximum atomic E-state index is 12.4. The fourth-order valence-corrected chi connectivity index (χ4v) is 1.93. The Morgan fingerprint density at radius 2 is 1.56 bits per heavy atom. The predicted molar refractivity (Wildman–Crippen MR) is 77.1 cm³/mol. The fourth-order valence-electron chi connectivity index (χ4n) is 1.93. The molecule has 2 amide bonds. The van der Waals surface area contributed by atoms with Crippen molar-refractivity contribution in [1.29, 1.82) is 0 Å². The van der Waals surface area contributed by atoms with Crippen LogP contribution in [0.5, 0.6) is 0 Å². The molecule has 0 aliphatic heterocycles. The van der Waals surface area contributed by atoms with E-state index in [1.54, 1.807) is 4.90 Å². The molecule has 0 aliphatic carbocycles. The van der Waals surface area contributed by atoms with Crippen molar-refractivity contribution in [3.05, 3.63) is 29.8 Å². The van der Waals surface area contributed by atoms with Crippen molar-refractivity contribution in [2.45, 2.75) is 33.6 Å². The Bertz CT molecular complexity index is 367. The number of urea groups is 1. The molecule has 3 nitrogen and oxygen atoms in total. The van der Waals surface area contributed by atoms with Gasteiger partial charge in [0.15, 0.2) is 0 Å². The molecule has 0 saturated carbocycles. The topological polar surface area (TPSA) is 23.6 Å². The molecule has 0 spiro atoms. The maximum absolute atomic E-state index is 12.4. The third-order valence-corrected chi connectivity index (χ3v) is 2.97. The van der Waals surface area contributed by atoms with Gasteiger partial charge in [-0.25, -0.2) is 4.79 Å². The average Bonchev–Trinajstić information content (AvgIpc) is 2.38. The van der Waals surface area contributed by atoms with Gasteiger partial charge in [-0.1, -0.05) is 31.5 Å². The minimum absolute atomic E-state index is 0.0857. The van der Waals surface area contributed by atoms with Crippen molar-refractivity contribution in [2.75, 3.05) is 25.0 Å². The van der Waals surface area contributed by atoms with Crippen LogP contribution in [0.15, 0.2) is 24.3 Å². The lowest BCUT2D eigenvalue weighted by Gasteiger charge is -2.27. The Labute approximate surface area is 110 Å². The Balaban J connectivity index is 2.77. The van der Waals surface area contributed by atoms with Crippen LogP contribution in [0.4, 0.5) is 10.5 Å². The highest BCUT2D eigenvalue weighted by molar-refractivity contribution is 5.91. The molecule has 0 fully saturated rings. The molecule has 0 aromatic heterocycles. The number of anilines is 1. The molecule has 0 atom stereocenters. The maximum Gasteiger partial charge on any atom is 0.324 e. The molecule has 3 heteroatoms. The summed E-state index contributed by atoms with van der Waals surface area (Å²) in [7, 11) is 1.84. The van der Waals surface area contributed by atoms with Gasteiger partial charge in [0.1, 0.15) is 0 Å². The Morgan fingerprint density at radius 3 is 2.00 bits per heavy atom. The number of hydrogen-bond donors (Lipinski definition) is 0. The highest BCUT2D eigenvalue weighted by Crippen LogP contribution is 2.15. The number of aryl methyl sites for hydroxylation is 1. The van der Waals surface area contributed by atoms with Crippen molar-refractivity contribution < 1.29 is 4.79 Å². The first-order chi connectivity index (χ1) is 8.60. The van der Waals surface area contributed by atoms with E-state index in [-0.39, 0.29) is 6.03 Å². The second-order valence-corrected chi connectivity index (χ2v) is 4.66. The number of amides is 2. The van der Waals surface area contributed by atoms with Gasteiger partial charge in [-0.3, -0.25) is 4.90 Å². The molecule has 100 valence electrons. The van der Waals surface area contributed by atoms with Crippen LogP contribution in [0, 0.1) is 6.92 Å². The summed E-state index contributed by atoms with van der Waals surface area (Å²) in [6.45, 7) is 7.89. The zero-order valence-corrected chi connectivity index (χ0v) is 11.9. The summed E-state index contributed by atoms with van der Waals surface area (Å²) in [5, 5.41) is 0. The normalized spacial score (nSPS) is 10.2. The van der Waals surface area contributed by atoms with Gasteiger partial charge in [-0.05, 0) is 31.9 Å². The van der Waals surface area contributed by atoms with E-state index in [4.69, 9.17) is 0 Å². The Hall–Kier alpha value is -1.51. The third kappa shape index (κ3) is 3.76. The summed E-state index contributed by atoms with van der Waals surface area (Å²) in [6.07, 6.45) is 1.99. The van der Waals surface area contributed by atoms with Crippen LogP contribution in [-0.2, 0) is 0 Å². The lowest BCUT2D eigenvalue weighted by molar-refractivity contribution is 0.206. The first-order valence-corrected chi connectivity index (χ1v) is 6.69. The summed E-state index contributed by atoms with van der Waals surface area (Å²) >= 11 is 0. The van der Waals surface area contributed by atoms with Crippen LogP contribution in [0.2, 0.25) is 0 Å². The highest BCUT2D eigenvalue weighted by Gasteiger charge is 2.17. The molecular weight excluding hydrogens is 224 g/mol. The molecule has 0 radical (unpaired) electrons. The minimum Gasteiger partial charge on any atom is -0.324 e.